The molecule has 0 aliphatic rings. The van der Waals surface area contributed by atoms with Crippen LogP contribution in [-0.4, -0.2) is 32.6 Å². The van der Waals surface area contributed by atoms with Crippen LogP contribution in [0.5, 0.6) is 0 Å². The van der Waals surface area contributed by atoms with Crippen LogP contribution in [0, 0.1) is 6.92 Å². The zero-order chi connectivity index (χ0) is 21.3. The molecule has 1 N–H and O–H groups in total. The molecule has 3 rings (SSSR count). The number of Topliss-reactive ketones (excluding diaryl/α,β-unsaturated/α-hetero) is 1. The molecule has 6 nitrogen and oxygen atoms in total. The van der Waals surface area contributed by atoms with Gasteiger partial charge in [-0.15, -0.1) is 0 Å². The second kappa shape index (κ2) is 7.65. The van der Waals surface area contributed by atoms with Crippen molar-refractivity contribution in [2.45, 2.75) is 39.9 Å². The van der Waals surface area contributed by atoms with E-state index in [1.54, 1.807) is 26.0 Å². The first-order valence-corrected chi connectivity index (χ1v) is 8.94. The minimum absolute atomic E-state index is 0.159. The summed E-state index contributed by atoms with van der Waals surface area (Å²) in [5.41, 5.74) is 1.38. The van der Waals surface area contributed by atoms with Crippen LogP contribution in [0.4, 0.5) is 19.0 Å². The van der Waals surface area contributed by atoms with Crippen LogP contribution in [0.2, 0.25) is 0 Å². The van der Waals surface area contributed by atoms with E-state index in [2.05, 4.69) is 15.4 Å². The van der Waals surface area contributed by atoms with Crippen LogP contribution >= 0.6 is 0 Å². The molecule has 0 saturated carbocycles. The number of amides is 1. The summed E-state index contributed by atoms with van der Waals surface area (Å²) in [7, 11) is 0. The fourth-order valence-corrected chi connectivity index (χ4v) is 3.03. The van der Waals surface area contributed by atoms with E-state index in [9.17, 15) is 22.8 Å². The Balaban J connectivity index is 2.07. The van der Waals surface area contributed by atoms with Crippen LogP contribution in [-0.2, 0) is 13.0 Å². The molecule has 0 radical (unpaired) electrons. The summed E-state index contributed by atoms with van der Waals surface area (Å²) >= 11 is 0. The average molecular weight is 404 g/mol. The second-order valence-corrected chi connectivity index (χ2v) is 6.69. The van der Waals surface area contributed by atoms with Crippen molar-refractivity contribution in [3.05, 3.63) is 52.8 Å². The van der Waals surface area contributed by atoms with Gasteiger partial charge < -0.3 is 5.32 Å². The number of carbonyl (C=O) groups excluding carboxylic acids is 2. The number of anilines is 1. The maximum absolute atomic E-state index is 13.1. The molecular weight excluding hydrogens is 385 g/mol. The quantitative estimate of drug-likeness (QED) is 0.643. The largest absolute Gasteiger partial charge is 0.393 e. The van der Waals surface area contributed by atoms with E-state index in [1.807, 2.05) is 0 Å². The fraction of sp³-hybridized carbons (Fsp3) is 0.300. The smallest absolute Gasteiger partial charge is 0.305 e. The number of carbonyl (C=O) groups is 2. The summed E-state index contributed by atoms with van der Waals surface area (Å²) in [6.07, 6.45) is -5.72. The van der Waals surface area contributed by atoms with Crippen molar-refractivity contribution < 1.29 is 22.8 Å². The van der Waals surface area contributed by atoms with Crippen molar-refractivity contribution in [3.63, 3.8) is 0 Å². The molecule has 0 fully saturated rings. The third-order valence-electron chi connectivity index (χ3n) is 4.36. The van der Waals surface area contributed by atoms with Crippen LogP contribution in [0.25, 0.3) is 10.9 Å². The molecule has 0 atom stereocenters. The molecule has 0 unspecified atom stereocenters. The second-order valence-electron chi connectivity index (χ2n) is 6.69. The average Bonchev–Trinajstić information content (AvgIpc) is 3.01. The molecule has 0 aliphatic carbocycles. The minimum atomic E-state index is -4.48. The number of hydrogen-bond acceptors (Lipinski definition) is 4. The van der Waals surface area contributed by atoms with Gasteiger partial charge in [-0.25, -0.2) is 4.98 Å². The van der Waals surface area contributed by atoms with Crippen LogP contribution in [0.1, 0.15) is 46.0 Å². The first-order valence-electron chi connectivity index (χ1n) is 8.94. The Morgan fingerprint density at radius 1 is 1.17 bits per heavy atom. The Morgan fingerprint density at radius 3 is 2.52 bits per heavy atom. The van der Waals surface area contributed by atoms with Gasteiger partial charge in [0.2, 0.25) is 0 Å². The summed E-state index contributed by atoms with van der Waals surface area (Å²) in [6, 6.07) is 7.45. The summed E-state index contributed by atoms with van der Waals surface area (Å²) in [5, 5.41) is 7.10. The molecule has 0 aliphatic heterocycles. The Morgan fingerprint density at radius 2 is 1.90 bits per heavy atom. The van der Waals surface area contributed by atoms with Crippen molar-refractivity contribution in [3.8, 4) is 0 Å². The Kier molecular flexibility index (Phi) is 5.41. The Bertz CT molecular complexity index is 1100. The number of alkyl halides is 3. The number of halogens is 3. The highest BCUT2D eigenvalue weighted by Crippen LogP contribution is 2.29. The van der Waals surface area contributed by atoms with Crippen LogP contribution in [0.15, 0.2) is 30.3 Å². The molecule has 152 valence electrons. The maximum Gasteiger partial charge on any atom is 0.393 e. The van der Waals surface area contributed by atoms with Gasteiger partial charge in [-0.3, -0.25) is 14.3 Å². The van der Waals surface area contributed by atoms with Gasteiger partial charge in [0, 0.05) is 23.1 Å². The third kappa shape index (κ3) is 4.61. The normalized spacial score (nSPS) is 11.7. The van der Waals surface area contributed by atoms with E-state index in [0.29, 0.717) is 28.7 Å². The molecular formula is C20H19F3N4O2. The maximum atomic E-state index is 13.1. The number of fused-ring (bicyclic) bond motifs is 1. The zero-order valence-corrected chi connectivity index (χ0v) is 16.1. The number of aromatic nitrogens is 3. The summed E-state index contributed by atoms with van der Waals surface area (Å²) in [6.45, 7) is 5.33. The van der Waals surface area contributed by atoms with Crippen LogP contribution in [0.3, 0.4) is 0 Å². The van der Waals surface area contributed by atoms with Gasteiger partial charge in [0.1, 0.15) is 11.5 Å². The number of benzene rings is 1. The molecule has 2 aromatic heterocycles. The molecule has 3 aromatic rings. The van der Waals surface area contributed by atoms with Gasteiger partial charge in [-0.05, 0) is 39.0 Å². The van der Waals surface area contributed by atoms with Crippen molar-refractivity contribution in [2.24, 2.45) is 0 Å². The van der Waals surface area contributed by atoms with E-state index < -0.39 is 18.5 Å². The van der Waals surface area contributed by atoms with E-state index >= 15 is 0 Å². The minimum Gasteiger partial charge on any atom is -0.305 e. The van der Waals surface area contributed by atoms with E-state index in [-0.39, 0.29) is 22.9 Å². The SMILES string of the molecule is CCn1nc(C)cc1C(=O)Nc1nc2cc(C(C)=O)ccc2cc1CC(F)(F)F. The fourth-order valence-electron chi connectivity index (χ4n) is 3.03. The van der Waals surface area contributed by atoms with Gasteiger partial charge >= 0.3 is 6.18 Å². The molecule has 1 aromatic carbocycles. The summed E-state index contributed by atoms with van der Waals surface area (Å²) in [4.78, 5) is 28.5. The van der Waals surface area contributed by atoms with E-state index in [1.165, 1.54) is 29.8 Å². The lowest BCUT2D eigenvalue weighted by Gasteiger charge is -2.14. The molecule has 0 saturated heterocycles. The van der Waals surface area contributed by atoms with Gasteiger partial charge in [-0.2, -0.15) is 18.3 Å². The van der Waals surface area contributed by atoms with Gasteiger partial charge in [0.25, 0.3) is 5.91 Å². The first-order chi connectivity index (χ1) is 13.6. The van der Waals surface area contributed by atoms with Crippen molar-refractivity contribution in [2.75, 3.05) is 5.32 Å². The zero-order valence-electron chi connectivity index (χ0n) is 16.1. The van der Waals surface area contributed by atoms with E-state index in [0.717, 1.165) is 0 Å². The highest BCUT2D eigenvalue weighted by atomic mass is 19.4. The van der Waals surface area contributed by atoms with Crippen molar-refractivity contribution >= 4 is 28.4 Å². The van der Waals surface area contributed by atoms with Gasteiger partial charge in [0.15, 0.2) is 5.78 Å². The highest BCUT2D eigenvalue weighted by Gasteiger charge is 2.30. The number of nitrogens with one attached hydrogen (secondary N) is 1. The number of nitrogens with zero attached hydrogens (tertiary/aromatic N) is 3. The van der Waals surface area contributed by atoms with Gasteiger partial charge in [-0.1, -0.05) is 12.1 Å². The summed E-state index contributed by atoms with van der Waals surface area (Å²) < 4.78 is 40.7. The summed E-state index contributed by atoms with van der Waals surface area (Å²) in [5.74, 6) is -0.992. The predicted octanol–water partition coefficient (Wildman–Crippen LogP) is 4.32. The number of hydrogen-bond donors (Lipinski definition) is 1. The number of ketones is 1. The van der Waals surface area contributed by atoms with Gasteiger partial charge in [0.05, 0.1) is 17.6 Å². The third-order valence-corrected chi connectivity index (χ3v) is 4.36. The number of rotatable bonds is 5. The molecule has 9 heteroatoms. The van der Waals surface area contributed by atoms with E-state index in [4.69, 9.17) is 0 Å². The molecule has 29 heavy (non-hydrogen) atoms. The number of aryl methyl sites for hydroxylation is 2. The monoisotopic (exact) mass is 404 g/mol. The molecule has 0 spiro atoms. The highest BCUT2D eigenvalue weighted by molar-refractivity contribution is 6.04. The Labute approximate surface area is 164 Å². The molecule has 0 bridgehead atoms. The molecule has 1 amide bonds. The lowest BCUT2D eigenvalue weighted by molar-refractivity contribution is -0.127. The standard InChI is InChI=1S/C20H19F3N4O2/c1-4-27-17(7-11(2)26-27)19(29)25-18-15(10-20(21,22)23)8-14-6-5-13(12(3)28)9-16(14)24-18/h5-9H,4,10H2,1-3H3,(H,24,25,29). The molecule has 2 heterocycles. The lowest BCUT2D eigenvalue weighted by Crippen LogP contribution is -2.21. The van der Waals surface area contributed by atoms with Crippen LogP contribution < -0.4 is 5.32 Å². The predicted molar refractivity (Wildman–Crippen MR) is 102 cm³/mol. The first kappa shape index (κ1) is 20.5. The van der Waals surface area contributed by atoms with Crippen molar-refractivity contribution in [1.82, 2.24) is 14.8 Å². The number of pyridine rings is 1. The Hall–Kier alpha value is -3.23. The van der Waals surface area contributed by atoms with Crippen molar-refractivity contribution in [1.29, 1.82) is 0 Å². The lowest BCUT2D eigenvalue weighted by atomic mass is 10.1. The topological polar surface area (TPSA) is 76.9 Å².